The molecular weight excluding hydrogens is 288 g/mol. The van der Waals surface area contributed by atoms with Crippen LogP contribution in [0.1, 0.15) is 38.5 Å². The molecule has 1 amide bonds. The van der Waals surface area contributed by atoms with Crippen LogP contribution in [0.15, 0.2) is 29.2 Å². The lowest BCUT2D eigenvalue weighted by atomic mass is 9.54. The summed E-state index contributed by atoms with van der Waals surface area (Å²) in [6.45, 7) is 0.482. The van der Waals surface area contributed by atoms with Crippen LogP contribution in [0.3, 0.4) is 0 Å². The van der Waals surface area contributed by atoms with E-state index in [2.05, 4.69) is 0 Å². The van der Waals surface area contributed by atoms with E-state index < -0.39 is 0 Å². The van der Waals surface area contributed by atoms with E-state index in [-0.39, 0.29) is 11.5 Å². The molecule has 0 aliphatic heterocycles. The summed E-state index contributed by atoms with van der Waals surface area (Å²) in [5.41, 5.74) is -0.0300. The lowest BCUT2D eigenvalue weighted by Crippen LogP contribution is -2.56. The number of carbonyl (C=O) groups is 1. The molecule has 0 N–H and O–H groups in total. The zero-order chi connectivity index (χ0) is 16.0. The van der Waals surface area contributed by atoms with Crippen molar-refractivity contribution < 1.29 is 4.79 Å². The number of carbonyl (C=O) groups excluding carboxylic acids is 1. The van der Waals surface area contributed by atoms with Crippen LogP contribution in [-0.2, 0) is 11.3 Å². The van der Waals surface area contributed by atoms with Crippen LogP contribution < -0.4 is 5.56 Å². The van der Waals surface area contributed by atoms with Gasteiger partial charge >= 0.3 is 0 Å². The quantitative estimate of drug-likeness (QED) is 0.857. The first-order valence-electron chi connectivity index (χ1n) is 9.03. The molecule has 0 aromatic carbocycles. The minimum atomic E-state index is -0.0300. The molecule has 0 saturated heterocycles. The van der Waals surface area contributed by atoms with Gasteiger partial charge in [-0.3, -0.25) is 9.59 Å². The summed E-state index contributed by atoms with van der Waals surface area (Å²) in [4.78, 5) is 26.4. The van der Waals surface area contributed by atoms with Crippen molar-refractivity contribution in [1.82, 2.24) is 9.47 Å². The molecule has 4 heteroatoms. The molecule has 0 spiro atoms. The van der Waals surface area contributed by atoms with Gasteiger partial charge in [-0.15, -0.1) is 0 Å². The van der Waals surface area contributed by atoms with Crippen molar-refractivity contribution in [1.29, 1.82) is 0 Å². The van der Waals surface area contributed by atoms with E-state index in [4.69, 9.17) is 0 Å². The van der Waals surface area contributed by atoms with E-state index >= 15 is 0 Å². The molecule has 23 heavy (non-hydrogen) atoms. The molecule has 0 atom stereocenters. The highest BCUT2D eigenvalue weighted by atomic mass is 16.2. The van der Waals surface area contributed by atoms with Crippen LogP contribution in [0.5, 0.6) is 0 Å². The maximum absolute atomic E-state index is 12.7. The predicted octanol–water partition coefficient (Wildman–Crippen LogP) is 2.52. The van der Waals surface area contributed by atoms with Gasteiger partial charge in [0.1, 0.15) is 0 Å². The Morgan fingerprint density at radius 3 is 2.39 bits per heavy atom. The fourth-order valence-corrected chi connectivity index (χ4v) is 5.73. The van der Waals surface area contributed by atoms with E-state index in [1.165, 1.54) is 32.1 Å². The highest BCUT2D eigenvalue weighted by Crippen LogP contribution is 2.54. The molecule has 5 rings (SSSR count). The Balaban J connectivity index is 1.41. The summed E-state index contributed by atoms with van der Waals surface area (Å²) in [7, 11) is 1.99. The molecule has 4 bridgehead atoms. The van der Waals surface area contributed by atoms with Gasteiger partial charge < -0.3 is 9.47 Å². The van der Waals surface area contributed by atoms with Gasteiger partial charge in [0.2, 0.25) is 5.91 Å². The predicted molar refractivity (Wildman–Crippen MR) is 88.9 cm³/mol. The third-order valence-electron chi connectivity index (χ3n) is 6.48. The minimum Gasteiger partial charge on any atom is -0.342 e. The maximum atomic E-state index is 12.7. The van der Waals surface area contributed by atoms with Gasteiger partial charge in [0.25, 0.3) is 5.56 Å². The second kappa shape index (κ2) is 5.81. The number of hydrogen-bond donors (Lipinski definition) is 0. The zero-order valence-corrected chi connectivity index (χ0v) is 13.9. The Hall–Kier alpha value is -1.58. The Kier molecular flexibility index (Phi) is 3.78. The smallest absolute Gasteiger partial charge is 0.250 e. The maximum Gasteiger partial charge on any atom is 0.250 e. The van der Waals surface area contributed by atoms with E-state index in [9.17, 15) is 9.59 Å². The monoisotopic (exact) mass is 314 g/mol. The fourth-order valence-electron chi connectivity index (χ4n) is 5.73. The lowest BCUT2D eigenvalue weighted by Gasteiger charge is -2.56. The van der Waals surface area contributed by atoms with Crippen molar-refractivity contribution in [2.75, 3.05) is 7.05 Å². The number of pyridine rings is 1. The van der Waals surface area contributed by atoms with Crippen LogP contribution in [0.4, 0.5) is 0 Å². The third kappa shape index (κ3) is 2.73. The number of aromatic nitrogens is 1. The number of hydrogen-bond acceptors (Lipinski definition) is 2. The van der Waals surface area contributed by atoms with Crippen LogP contribution in [0, 0.1) is 23.7 Å². The summed E-state index contributed by atoms with van der Waals surface area (Å²) in [6.07, 6.45) is 8.93. The first-order chi connectivity index (χ1) is 11.1. The van der Waals surface area contributed by atoms with Crippen molar-refractivity contribution >= 4 is 5.91 Å². The van der Waals surface area contributed by atoms with Crippen LogP contribution in [0.25, 0.3) is 0 Å². The van der Waals surface area contributed by atoms with E-state index in [0.717, 1.165) is 23.7 Å². The Morgan fingerprint density at radius 1 is 1.13 bits per heavy atom. The molecule has 4 fully saturated rings. The molecule has 4 nitrogen and oxygen atoms in total. The first-order valence-corrected chi connectivity index (χ1v) is 9.03. The summed E-state index contributed by atoms with van der Waals surface area (Å²) in [6, 6.07) is 5.57. The van der Waals surface area contributed by atoms with Gasteiger partial charge in [-0.2, -0.15) is 0 Å². The van der Waals surface area contributed by atoms with Crippen molar-refractivity contribution in [3.63, 3.8) is 0 Å². The summed E-state index contributed by atoms with van der Waals surface area (Å²) in [5, 5.41) is 0. The average Bonchev–Trinajstić information content (AvgIpc) is 2.52. The fraction of sp³-hybridized carbons (Fsp3) is 0.684. The van der Waals surface area contributed by atoms with Crippen LogP contribution >= 0.6 is 0 Å². The number of aryl methyl sites for hydroxylation is 1. The second-order valence-corrected chi connectivity index (χ2v) is 7.91. The molecule has 4 aliphatic rings. The van der Waals surface area contributed by atoms with E-state index in [0.29, 0.717) is 19.0 Å². The van der Waals surface area contributed by atoms with Crippen molar-refractivity contribution in [3.05, 3.63) is 34.7 Å². The highest BCUT2D eigenvalue weighted by Gasteiger charge is 2.50. The molecule has 1 aromatic rings. The lowest BCUT2D eigenvalue weighted by molar-refractivity contribution is -0.141. The summed E-state index contributed by atoms with van der Waals surface area (Å²) >= 11 is 0. The Morgan fingerprint density at radius 2 is 1.78 bits per heavy atom. The van der Waals surface area contributed by atoms with Gasteiger partial charge in [0.05, 0.1) is 0 Å². The van der Waals surface area contributed by atoms with Gasteiger partial charge in [-0.1, -0.05) is 6.07 Å². The minimum absolute atomic E-state index is 0.0300. The van der Waals surface area contributed by atoms with Gasteiger partial charge in [0.15, 0.2) is 0 Å². The largest absolute Gasteiger partial charge is 0.342 e. The zero-order valence-electron chi connectivity index (χ0n) is 13.9. The molecule has 0 unspecified atom stereocenters. The Bertz CT molecular complexity index is 623. The summed E-state index contributed by atoms with van der Waals surface area (Å²) < 4.78 is 1.63. The van der Waals surface area contributed by atoms with E-state index in [1.807, 2.05) is 18.0 Å². The highest BCUT2D eigenvalue weighted by molar-refractivity contribution is 5.76. The summed E-state index contributed by atoms with van der Waals surface area (Å²) in [5.74, 6) is 3.50. The van der Waals surface area contributed by atoms with Crippen LogP contribution in [0.2, 0.25) is 0 Å². The molecule has 1 heterocycles. The third-order valence-corrected chi connectivity index (χ3v) is 6.48. The van der Waals surface area contributed by atoms with Crippen LogP contribution in [-0.4, -0.2) is 28.5 Å². The molecule has 1 aromatic heterocycles. The van der Waals surface area contributed by atoms with Gasteiger partial charge in [0, 0.05) is 38.3 Å². The second-order valence-electron chi connectivity index (χ2n) is 7.91. The standard InChI is InChI=1S/C19H26N2O2/c1-20(17(22)5-7-21-6-3-2-4-18(21)23)19-15-9-13-8-14(11-15)12-16(19)10-13/h2-4,6,13-16,19H,5,7-12H2,1H3. The number of amides is 1. The van der Waals surface area contributed by atoms with Crippen molar-refractivity contribution in [2.24, 2.45) is 23.7 Å². The average molecular weight is 314 g/mol. The van der Waals surface area contributed by atoms with Crippen molar-refractivity contribution in [3.8, 4) is 0 Å². The molecule has 4 aliphatic carbocycles. The normalized spacial score (nSPS) is 34.6. The topological polar surface area (TPSA) is 42.3 Å². The van der Waals surface area contributed by atoms with Crippen molar-refractivity contribution in [2.45, 2.75) is 51.1 Å². The van der Waals surface area contributed by atoms with E-state index in [1.54, 1.807) is 22.9 Å². The van der Waals surface area contributed by atoms with Gasteiger partial charge in [-0.05, 0) is 61.8 Å². The van der Waals surface area contributed by atoms with Gasteiger partial charge in [-0.25, -0.2) is 0 Å². The molecule has 4 saturated carbocycles. The SMILES string of the molecule is CN(C(=O)CCn1ccccc1=O)C1C2CC3CC(C2)CC1C3. The molecule has 124 valence electrons. The number of nitrogens with zero attached hydrogens (tertiary/aromatic N) is 2. The number of rotatable bonds is 4. The first kappa shape index (κ1) is 15.0. The Labute approximate surface area is 137 Å². The molecule has 0 radical (unpaired) electrons. The molecular formula is C19H26N2O2.